The molecule has 2 amide bonds. The van der Waals surface area contributed by atoms with Crippen LogP contribution < -0.4 is 9.64 Å². The van der Waals surface area contributed by atoms with Gasteiger partial charge < -0.3 is 9.47 Å². The Bertz CT molecular complexity index is 1800. The van der Waals surface area contributed by atoms with Crippen molar-refractivity contribution in [3.05, 3.63) is 107 Å². The molecule has 1 atom stereocenters. The predicted octanol–water partition coefficient (Wildman–Crippen LogP) is 5.71. The van der Waals surface area contributed by atoms with Gasteiger partial charge in [-0.25, -0.2) is 14.7 Å². The molecule has 5 rings (SSSR count). The van der Waals surface area contributed by atoms with Crippen LogP contribution in [0.2, 0.25) is 0 Å². The minimum atomic E-state index is -0.774. The van der Waals surface area contributed by atoms with Crippen molar-refractivity contribution in [2.24, 2.45) is 0 Å². The number of ketones is 1. The highest BCUT2D eigenvalue weighted by atomic mass is 32.2. The molecule has 9 nitrogen and oxygen atoms in total. The number of pyridine rings is 1. The van der Waals surface area contributed by atoms with E-state index < -0.39 is 29.6 Å². The maximum absolute atomic E-state index is 13.4. The normalized spacial score (nSPS) is 14.3. The predicted molar refractivity (Wildman–Crippen MR) is 165 cm³/mol. The molecule has 1 aliphatic rings. The number of aryl methyl sites for hydroxylation is 2. The number of esters is 1. The summed E-state index contributed by atoms with van der Waals surface area (Å²) in [6, 6.07) is 24.0. The fraction of sp³-hybridized carbons (Fsp3) is 0.176. The van der Waals surface area contributed by atoms with Gasteiger partial charge in [-0.3, -0.25) is 14.4 Å². The van der Waals surface area contributed by atoms with Crippen LogP contribution in [-0.2, 0) is 14.3 Å². The summed E-state index contributed by atoms with van der Waals surface area (Å²) >= 11 is 1.09. The molecule has 2 heterocycles. The number of carbonyl (C=O) groups is 4. The average molecular weight is 606 g/mol. The molecule has 1 unspecified atom stereocenters. The van der Waals surface area contributed by atoms with Gasteiger partial charge in [-0.1, -0.05) is 41.6 Å². The number of Topliss-reactive ketones (excluding diaryl/α,β-unsaturated/α-hetero) is 1. The van der Waals surface area contributed by atoms with E-state index in [0.717, 1.165) is 33.4 Å². The minimum Gasteiger partial charge on any atom is -0.497 e. The molecule has 44 heavy (non-hydrogen) atoms. The summed E-state index contributed by atoms with van der Waals surface area (Å²) in [6.07, 6.45) is -0.0684. The molecule has 3 aromatic carbocycles. The van der Waals surface area contributed by atoms with Gasteiger partial charge in [-0.05, 0) is 74.0 Å². The van der Waals surface area contributed by atoms with Gasteiger partial charge in [-0.2, -0.15) is 5.26 Å². The van der Waals surface area contributed by atoms with Crippen LogP contribution in [0.5, 0.6) is 5.75 Å². The number of benzene rings is 3. The molecule has 220 valence electrons. The van der Waals surface area contributed by atoms with Crippen molar-refractivity contribution in [3.63, 3.8) is 0 Å². The molecule has 0 spiro atoms. The number of thioether (sulfide) groups is 1. The zero-order valence-corrected chi connectivity index (χ0v) is 25.0. The van der Waals surface area contributed by atoms with Crippen molar-refractivity contribution in [3.8, 4) is 23.1 Å². The Hall–Kier alpha value is -5.27. The molecule has 1 fully saturated rings. The number of anilines is 1. The minimum absolute atomic E-state index is 0.0684. The van der Waals surface area contributed by atoms with Crippen LogP contribution in [0, 0.1) is 25.2 Å². The quantitative estimate of drug-likeness (QED) is 0.134. The molecule has 1 aromatic heterocycles. The third-order valence-electron chi connectivity index (χ3n) is 7.09. The first-order chi connectivity index (χ1) is 21.2. The molecule has 0 radical (unpaired) electrons. The summed E-state index contributed by atoms with van der Waals surface area (Å²) < 4.78 is 10.2. The van der Waals surface area contributed by atoms with E-state index in [2.05, 4.69) is 6.07 Å². The number of nitrogens with zero attached hydrogens (tertiary/aromatic N) is 3. The van der Waals surface area contributed by atoms with E-state index in [1.807, 2.05) is 38.1 Å². The lowest BCUT2D eigenvalue weighted by molar-refractivity contribution is -0.121. The van der Waals surface area contributed by atoms with Crippen molar-refractivity contribution in [2.75, 3.05) is 18.6 Å². The summed E-state index contributed by atoms with van der Waals surface area (Å²) in [6.45, 7) is 3.42. The number of rotatable bonds is 9. The van der Waals surface area contributed by atoms with E-state index in [0.29, 0.717) is 33.3 Å². The maximum atomic E-state index is 13.4. The standard InChI is InChI=1S/C34H27N3O6S/c1-20-4-6-23(7-5-20)31-21(2)16-25(18-35)32(36-31)44-29-17-30(39)37(33(29)40)26-12-8-24(9-13-26)34(41)43-19-28(38)22-10-14-27(42-3)15-11-22/h4-16,29H,17,19H2,1-3H3. The number of methoxy groups -OCH3 is 1. The molecule has 0 saturated carbocycles. The zero-order valence-electron chi connectivity index (χ0n) is 24.2. The SMILES string of the molecule is COc1ccc(C(=O)COC(=O)c2ccc(N3C(=O)CC(Sc4nc(-c5ccc(C)cc5)c(C)cc4C#N)C3=O)cc2)cc1. The van der Waals surface area contributed by atoms with E-state index in [1.165, 1.54) is 31.4 Å². The van der Waals surface area contributed by atoms with Crippen molar-refractivity contribution in [1.82, 2.24) is 4.98 Å². The van der Waals surface area contributed by atoms with Gasteiger partial charge in [0.05, 0.1) is 34.9 Å². The van der Waals surface area contributed by atoms with Crippen LogP contribution in [0.25, 0.3) is 11.3 Å². The molecule has 10 heteroatoms. The van der Waals surface area contributed by atoms with Crippen molar-refractivity contribution in [2.45, 2.75) is 30.5 Å². The van der Waals surface area contributed by atoms with Crippen LogP contribution in [0.3, 0.4) is 0 Å². The summed E-state index contributed by atoms with van der Waals surface area (Å²) in [5.41, 5.74) is 4.69. The summed E-state index contributed by atoms with van der Waals surface area (Å²) in [7, 11) is 1.52. The molecule has 1 aliphatic heterocycles. The second-order valence-corrected chi connectivity index (χ2v) is 11.3. The van der Waals surface area contributed by atoms with Crippen LogP contribution in [0.15, 0.2) is 83.9 Å². The summed E-state index contributed by atoms with van der Waals surface area (Å²) in [5, 5.41) is 9.36. The Morgan fingerprint density at radius 3 is 2.27 bits per heavy atom. The van der Waals surface area contributed by atoms with Gasteiger partial charge in [0.15, 0.2) is 12.4 Å². The van der Waals surface area contributed by atoms with Gasteiger partial charge in [0.25, 0.3) is 0 Å². The van der Waals surface area contributed by atoms with Gasteiger partial charge >= 0.3 is 5.97 Å². The maximum Gasteiger partial charge on any atom is 0.338 e. The second-order valence-electron chi connectivity index (χ2n) is 10.1. The van der Waals surface area contributed by atoms with Crippen LogP contribution >= 0.6 is 11.8 Å². The lowest BCUT2D eigenvalue weighted by Gasteiger charge is -2.16. The Morgan fingerprint density at radius 1 is 0.977 bits per heavy atom. The van der Waals surface area contributed by atoms with Crippen molar-refractivity contribution < 1.29 is 28.7 Å². The lowest BCUT2D eigenvalue weighted by Crippen LogP contribution is -2.31. The molecular formula is C34H27N3O6S. The van der Waals surface area contributed by atoms with Gasteiger partial charge in [0.1, 0.15) is 16.8 Å². The molecular weight excluding hydrogens is 578 g/mol. The third-order valence-corrected chi connectivity index (χ3v) is 8.28. The topological polar surface area (TPSA) is 127 Å². The van der Waals surface area contributed by atoms with Gasteiger partial charge in [0.2, 0.25) is 11.8 Å². The van der Waals surface area contributed by atoms with E-state index in [9.17, 15) is 24.4 Å². The number of amides is 2. The molecule has 0 N–H and O–H groups in total. The van der Waals surface area contributed by atoms with Crippen molar-refractivity contribution in [1.29, 1.82) is 5.26 Å². The summed E-state index contributed by atoms with van der Waals surface area (Å²) in [5.74, 6) is -1.34. The number of aromatic nitrogens is 1. The highest BCUT2D eigenvalue weighted by molar-refractivity contribution is 8.00. The van der Waals surface area contributed by atoms with Crippen LogP contribution in [-0.4, -0.2) is 47.5 Å². The van der Waals surface area contributed by atoms with E-state index in [4.69, 9.17) is 14.5 Å². The monoisotopic (exact) mass is 605 g/mol. The molecule has 1 saturated heterocycles. The highest BCUT2D eigenvalue weighted by Crippen LogP contribution is 2.36. The second kappa shape index (κ2) is 12.9. The Labute approximate surface area is 258 Å². The van der Waals surface area contributed by atoms with E-state index >= 15 is 0 Å². The smallest absolute Gasteiger partial charge is 0.338 e. The molecule has 4 aromatic rings. The average Bonchev–Trinajstić information content (AvgIpc) is 3.32. The Morgan fingerprint density at radius 2 is 1.64 bits per heavy atom. The number of carbonyl (C=O) groups excluding carboxylic acids is 4. The number of nitriles is 1. The first kappa shape index (κ1) is 30.2. The summed E-state index contributed by atoms with van der Waals surface area (Å²) in [4.78, 5) is 57.1. The fourth-order valence-corrected chi connectivity index (χ4v) is 5.77. The largest absolute Gasteiger partial charge is 0.497 e. The van der Waals surface area contributed by atoms with Crippen molar-refractivity contribution >= 4 is 41.0 Å². The van der Waals surface area contributed by atoms with Gasteiger partial charge in [0, 0.05) is 17.5 Å². The number of ether oxygens (including phenoxy) is 2. The van der Waals surface area contributed by atoms with Crippen LogP contribution in [0.4, 0.5) is 5.69 Å². The Balaban J connectivity index is 1.26. The molecule has 0 bridgehead atoms. The third kappa shape index (κ3) is 6.38. The first-order valence-corrected chi connectivity index (χ1v) is 14.5. The number of hydrogen-bond donors (Lipinski definition) is 0. The van der Waals surface area contributed by atoms with E-state index in [1.54, 1.807) is 30.3 Å². The van der Waals surface area contributed by atoms with Gasteiger partial charge in [-0.15, -0.1) is 0 Å². The fourth-order valence-electron chi connectivity index (χ4n) is 4.69. The lowest BCUT2D eigenvalue weighted by atomic mass is 10.0. The number of imide groups is 1. The highest BCUT2D eigenvalue weighted by Gasteiger charge is 2.41. The first-order valence-electron chi connectivity index (χ1n) is 13.6. The Kier molecular flexibility index (Phi) is 8.88. The van der Waals surface area contributed by atoms with Crippen LogP contribution in [0.1, 0.15) is 43.8 Å². The molecule has 0 aliphatic carbocycles. The zero-order chi connectivity index (χ0) is 31.4. The van der Waals surface area contributed by atoms with E-state index in [-0.39, 0.29) is 17.8 Å². The number of hydrogen-bond acceptors (Lipinski definition) is 9.